The highest BCUT2D eigenvalue weighted by Crippen LogP contribution is 2.34. The van der Waals surface area contributed by atoms with Crippen molar-refractivity contribution in [2.45, 2.75) is 38.8 Å². The van der Waals surface area contributed by atoms with Crippen LogP contribution in [0.2, 0.25) is 5.02 Å². The van der Waals surface area contributed by atoms with Crippen molar-refractivity contribution >= 4 is 28.8 Å². The number of aromatic nitrogens is 1. The molecule has 1 aromatic carbocycles. The third-order valence-corrected chi connectivity index (χ3v) is 5.94. The minimum atomic E-state index is -0.0689. The lowest BCUT2D eigenvalue weighted by atomic mass is 10.0. The predicted molar refractivity (Wildman–Crippen MR) is 99.5 cm³/mol. The van der Waals surface area contributed by atoms with Crippen molar-refractivity contribution < 1.29 is 4.79 Å². The summed E-state index contributed by atoms with van der Waals surface area (Å²) in [7, 11) is 2.00. The maximum atomic E-state index is 12.4. The van der Waals surface area contributed by atoms with Crippen molar-refractivity contribution in [2.24, 2.45) is 0 Å². The van der Waals surface area contributed by atoms with E-state index < -0.39 is 0 Å². The Morgan fingerprint density at radius 2 is 2.29 bits per heavy atom. The number of aryl methyl sites for hydroxylation is 1. The Labute approximate surface area is 151 Å². The van der Waals surface area contributed by atoms with Gasteiger partial charge in [0.2, 0.25) is 5.91 Å². The highest BCUT2D eigenvalue weighted by atomic mass is 35.5. The van der Waals surface area contributed by atoms with Crippen LogP contribution in [-0.4, -0.2) is 35.4 Å². The van der Waals surface area contributed by atoms with E-state index in [-0.39, 0.29) is 18.0 Å². The van der Waals surface area contributed by atoms with Crippen LogP contribution >= 0.6 is 22.9 Å². The second-order valence-corrected chi connectivity index (χ2v) is 7.64. The van der Waals surface area contributed by atoms with Crippen LogP contribution in [-0.2, 0) is 4.79 Å². The molecule has 1 aliphatic heterocycles. The van der Waals surface area contributed by atoms with Crippen molar-refractivity contribution in [1.29, 1.82) is 0 Å². The molecule has 1 N–H and O–H groups in total. The van der Waals surface area contributed by atoms with E-state index in [4.69, 9.17) is 11.6 Å². The van der Waals surface area contributed by atoms with E-state index in [2.05, 4.69) is 15.2 Å². The minimum Gasteiger partial charge on any atom is -0.348 e. The zero-order valence-corrected chi connectivity index (χ0v) is 15.7. The number of nitrogens with zero attached hydrogens (tertiary/aromatic N) is 2. The second kappa shape index (κ2) is 7.21. The summed E-state index contributed by atoms with van der Waals surface area (Å²) < 4.78 is 0. The highest BCUT2D eigenvalue weighted by molar-refractivity contribution is 7.13. The first-order valence-corrected chi connectivity index (χ1v) is 9.43. The molecule has 2 aromatic rings. The number of halogens is 1. The average Bonchev–Trinajstić information content (AvgIpc) is 3.15. The summed E-state index contributed by atoms with van der Waals surface area (Å²) in [5, 5.41) is 3.81. The van der Waals surface area contributed by atoms with Crippen molar-refractivity contribution in [1.82, 2.24) is 15.2 Å². The fraction of sp³-hybridized carbons (Fsp3) is 0.444. The molecule has 3 rings (SSSR count). The van der Waals surface area contributed by atoms with Gasteiger partial charge in [-0.05, 0) is 51.9 Å². The molecule has 128 valence electrons. The Morgan fingerprint density at radius 3 is 2.88 bits per heavy atom. The summed E-state index contributed by atoms with van der Waals surface area (Å²) in [4.78, 5) is 19.9. The van der Waals surface area contributed by atoms with E-state index in [9.17, 15) is 4.79 Å². The second-order valence-electron chi connectivity index (χ2n) is 6.38. The summed E-state index contributed by atoms with van der Waals surface area (Å²) in [6.45, 7) is 4.97. The van der Waals surface area contributed by atoms with Crippen LogP contribution in [0.15, 0.2) is 23.7 Å². The molecule has 4 nitrogen and oxygen atoms in total. The zero-order valence-electron chi connectivity index (χ0n) is 14.2. The third kappa shape index (κ3) is 3.48. The third-order valence-electron chi connectivity index (χ3n) is 4.67. The van der Waals surface area contributed by atoms with Crippen LogP contribution in [0, 0.1) is 6.92 Å². The molecule has 1 saturated heterocycles. The van der Waals surface area contributed by atoms with Crippen LogP contribution in [0.25, 0.3) is 10.4 Å². The molecule has 6 heteroatoms. The van der Waals surface area contributed by atoms with Crippen LogP contribution in [0.4, 0.5) is 0 Å². The van der Waals surface area contributed by atoms with E-state index in [1.165, 1.54) is 0 Å². The first-order chi connectivity index (χ1) is 11.5. The van der Waals surface area contributed by atoms with Crippen molar-refractivity contribution in [2.75, 3.05) is 13.6 Å². The molecule has 1 amide bonds. The van der Waals surface area contributed by atoms with Gasteiger partial charge in [-0.25, -0.2) is 4.98 Å². The molecule has 0 saturated carbocycles. The predicted octanol–water partition coefficient (Wildman–Crippen LogP) is 4.04. The number of thiazole rings is 1. The lowest BCUT2D eigenvalue weighted by Crippen LogP contribution is -2.42. The Balaban J connectivity index is 1.74. The standard InChI is InChI=1S/C18H22ClN3OS/c1-11(21-18(23)16-5-4-8-22(16)3)13-6-7-14(15(19)9-13)17-12(2)20-10-24-17/h6-7,9-11,16H,4-5,8H2,1-3H3,(H,21,23). The van der Waals surface area contributed by atoms with Gasteiger partial charge >= 0.3 is 0 Å². The van der Waals surface area contributed by atoms with E-state index in [0.717, 1.165) is 41.1 Å². The number of hydrogen-bond acceptors (Lipinski definition) is 4. The number of benzene rings is 1. The fourth-order valence-electron chi connectivity index (χ4n) is 3.18. The van der Waals surface area contributed by atoms with Crippen LogP contribution in [0.1, 0.15) is 37.1 Å². The number of amides is 1. The molecular formula is C18H22ClN3OS. The Morgan fingerprint density at radius 1 is 1.50 bits per heavy atom. The van der Waals surface area contributed by atoms with Gasteiger partial charge in [0.05, 0.1) is 28.2 Å². The topological polar surface area (TPSA) is 45.2 Å². The minimum absolute atomic E-state index is 0.0120. The SMILES string of the molecule is Cc1ncsc1-c1ccc(C(C)NC(=O)C2CCCN2C)cc1Cl. The summed E-state index contributed by atoms with van der Waals surface area (Å²) >= 11 is 8.07. The van der Waals surface area contributed by atoms with Gasteiger partial charge < -0.3 is 5.32 Å². The average molecular weight is 364 g/mol. The Bertz CT molecular complexity index is 746. The van der Waals surface area contributed by atoms with E-state index in [0.29, 0.717) is 5.02 Å². The smallest absolute Gasteiger partial charge is 0.237 e. The largest absolute Gasteiger partial charge is 0.348 e. The van der Waals surface area contributed by atoms with Gasteiger partial charge in [-0.2, -0.15) is 0 Å². The molecule has 0 bridgehead atoms. The molecule has 24 heavy (non-hydrogen) atoms. The van der Waals surface area contributed by atoms with Crippen LogP contribution in [0.3, 0.4) is 0 Å². The Hall–Kier alpha value is -1.43. The quantitative estimate of drug-likeness (QED) is 0.891. The maximum Gasteiger partial charge on any atom is 0.237 e. The molecular weight excluding hydrogens is 342 g/mol. The van der Waals surface area contributed by atoms with Crippen molar-refractivity contribution in [3.63, 3.8) is 0 Å². The van der Waals surface area contributed by atoms with Gasteiger partial charge in [0.25, 0.3) is 0 Å². The summed E-state index contributed by atoms with van der Waals surface area (Å²) in [5.74, 6) is 0.0981. The molecule has 2 heterocycles. The molecule has 2 atom stereocenters. The normalized spacial score (nSPS) is 19.4. The summed E-state index contributed by atoms with van der Waals surface area (Å²) in [5.41, 5.74) is 4.82. The monoisotopic (exact) mass is 363 g/mol. The number of likely N-dealkylation sites (N-methyl/N-ethyl adjacent to an activating group) is 1. The first kappa shape index (κ1) is 17.4. The fourth-order valence-corrected chi connectivity index (χ4v) is 4.36. The van der Waals surface area contributed by atoms with Gasteiger partial charge in [-0.1, -0.05) is 23.7 Å². The number of carbonyl (C=O) groups excluding carboxylic acids is 1. The zero-order chi connectivity index (χ0) is 17.3. The number of rotatable bonds is 4. The maximum absolute atomic E-state index is 12.4. The van der Waals surface area contributed by atoms with Crippen LogP contribution < -0.4 is 5.32 Å². The van der Waals surface area contributed by atoms with Gasteiger partial charge in [0, 0.05) is 10.6 Å². The molecule has 1 aliphatic rings. The molecule has 0 radical (unpaired) electrons. The van der Waals surface area contributed by atoms with Gasteiger partial charge in [0.15, 0.2) is 0 Å². The number of carbonyl (C=O) groups is 1. The lowest BCUT2D eigenvalue weighted by Gasteiger charge is -2.22. The molecule has 1 fully saturated rings. The highest BCUT2D eigenvalue weighted by Gasteiger charge is 2.28. The lowest BCUT2D eigenvalue weighted by molar-refractivity contribution is -0.125. The molecule has 2 unspecified atom stereocenters. The molecule has 1 aromatic heterocycles. The van der Waals surface area contributed by atoms with Gasteiger partial charge in [-0.3, -0.25) is 9.69 Å². The molecule has 0 aliphatic carbocycles. The first-order valence-electron chi connectivity index (χ1n) is 8.18. The van der Waals surface area contributed by atoms with Crippen LogP contribution in [0.5, 0.6) is 0 Å². The Kier molecular flexibility index (Phi) is 5.23. The van der Waals surface area contributed by atoms with E-state index in [1.807, 2.05) is 44.6 Å². The van der Waals surface area contributed by atoms with Crippen molar-refractivity contribution in [3.8, 4) is 10.4 Å². The summed E-state index contributed by atoms with van der Waals surface area (Å²) in [6.07, 6.45) is 2.01. The van der Waals surface area contributed by atoms with Gasteiger partial charge in [0.1, 0.15) is 0 Å². The van der Waals surface area contributed by atoms with E-state index >= 15 is 0 Å². The summed E-state index contributed by atoms with van der Waals surface area (Å²) in [6, 6.07) is 5.91. The van der Waals surface area contributed by atoms with Gasteiger partial charge in [-0.15, -0.1) is 11.3 Å². The van der Waals surface area contributed by atoms with Crippen molar-refractivity contribution in [3.05, 3.63) is 40.0 Å². The molecule has 0 spiro atoms. The van der Waals surface area contributed by atoms with E-state index in [1.54, 1.807) is 11.3 Å². The number of hydrogen-bond donors (Lipinski definition) is 1. The number of nitrogens with one attached hydrogen (secondary N) is 1. The number of likely N-dealkylation sites (tertiary alicyclic amines) is 1.